The first-order chi connectivity index (χ1) is 14.0. The number of benzene rings is 2. The Kier molecular flexibility index (Phi) is 5.09. The van der Waals surface area contributed by atoms with Crippen LogP contribution < -0.4 is 10.3 Å². The second-order valence-electron chi connectivity index (χ2n) is 7.97. The van der Waals surface area contributed by atoms with Gasteiger partial charge in [0.1, 0.15) is 5.75 Å². The van der Waals surface area contributed by atoms with Gasteiger partial charge in [-0.05, 0) is 48.6 Å². The largest absolute Gasteiger partial charge is 0.497 e. The van der Waals surface area contributed by atoms with Crippen molar-refractivity contribution in [2.75, 3.05) is 20.2 Å². The molecule has 1 aromatic heterocycles. The number of nitrogens with zero attached hydrogens (tertiary/aromatic N) is 3. The zero-order valence-electron chi connectivity index (χ0n) is 17.0. The molecule has 1 amide bonds. The van der Waals surface area contributed by atoms with Gasteiger partial charge in [0.2, 0.25) is 0 Å². The number of carbonyl (C=O) groups is 1. The highest BCUT2D eigenvalue weighted by Gasteiger charge is 2.28. The van der Waals surface area contributed by atoms with Crippen molar-refractivity contribution in [3.8, 4) is 11.4 Å². The zero-order valence-corrected chi connectivity index (χ0v) is 17.0. The van der Waals surface area contributed by atoms with Crippen molar-refractivity contribution in [2.45, 2.75) is 20.3 Å². The van der Waals surface area contributed by atoms with E-state index in [1.807, 2.05) is 11.0 Å². The Morgan fingerprint density at radius 3 is 2.24 bits per heavy atom. The minimum Gasteiger partial charge on any atom is -0.497 e. The third-order valence-electron chi connectivity index (χ3n) is 5.48. The summed E-state index contributed by atoms with van der Waals surface area (Å²) in [6, 6.07) is 14.3. The second kappa shape index (κ2) is 7.70. The maximum Gasteiger partial charge on any atom is 0.279 e. The van der Waals surface area contributed by atoms with Crippen molar-refractivity contribution in [2.24, 2.45) is 11.8 Å². The van der Waals surface area contributed by atoms with Gasteiger partial charge in [-0.15, -0.1) is 0 Å². The van der Waals surface area contributed by atoms with Crippen molar-refractivity contribution in [3.05, 3.63) is 64.6 Å². The highest BCUT2D eigenvalue weighted by atomic mass is 16.5. The predicted molar refractivity (Wildman–Crippen MR) is 113 cm³/mol. The van der Waals surface area contributed by atoms with E-state index < -0.39 is 0 Å². The third-order valence-corrected chi connectivity index (χ3v) is 5.48. The molecule has 1 saturated heterocycles. The van der Waals surface area contributed by atoms with Gasteiger partial charge >= 0.3 is 0 Å². The summed E-state index contributed by atoms with van der Waals surface area (Å²) >= 11 is 0. The molecular weight excluding hydrogens is 366 g/mol. The molecule has 0 bridgehead atoms. The van der Waals surface area contributed by atoms with Gasteiger partial charge in [-0.2, -0.15) is 9.78 Å². The quantitative estimate of drug-likeness (QED) is 0.685. The van der Waals surface area contributed by atoms with Gasteiger partial charge in [-0.1, -0.05) is 32.0 Å². The Bertz CT molecular complexity index is 1090. The molecular formula is C23H25N3O3. The fourth-order valence-electron chi connectivity index (χ4n) is 4.22. The van der Waals surface area contributed by atoms with Crippen LogP contribution in [0.5, 0.6) is 5.75 Å². The first-order valence-corrected chi connectivity index (χ1v) is 9.93. The maximum absolute atomic E-state index is 13.4. The second-order valence-corrected chi connectivity index (χ2v) is 7.97. The van der Waals surface area contributed by atoms with E-state index in [1.54, 1.807) is 49.6 Å². The summed E-state index contributed by atoms with van der Waals surface area (Å²) in [6.45, 7) is 5.75. The molecule has 0 N–H and O–H groups in total. The first-order valence-electron chi connectivity index (χ1n) is 9.93. The lowest BCUT2D eigenvalue weighted by atomic mass is 9.91. The van der Waals surface area contributed by atoms with Gasteiger partial charge in [0.25, 0.3) is 11.5 Å². The van der Waals surface area contributed by atoms with Gasteiger partial charge in [-0.3, -0.25) is 9.59 Å². The monoisotopic (exact) mass is 391 g/mol. The van der Waals surface area contributed by atoms with E-state index in [9.17, 15) is 9.59 Å². The van der Waals surface area contributed by atoms with Crippen molar-refractivity contribution >= 4 is 16.7 Å². The van der Waals surface area contributed by atoms with Crippen LogP contribution in [0.25, 0.3) is 16.5 Å². The van der Waals surface area contributed by atoms with Crippen molar-refractivity contribution in [1.29, 1.82) is 0 Å². The molecule has 2 aromatic carbocycles. The Morgan fingerprint density at radius 1 is 1.00 bits per heavy atom. The lowest BCUT2D eigenvalue weighted by molar-refractivity contribution is 0.0617. The number of aromatic nitrogens is 2. The summed E-state index contributed by atoms with van der Waals surface area (Å²) in [5, 5.41) is 5.60. The summed E-state index contributed by atoms with van der Waals surface area (Å²) in [5.41, 5.74) is 0.663. The van der Waals surface area contributed by atoms with E-state index in [-0.39, 0.29) is 11.5 Å². The van der Waals surface area contributed by atoms with Crippen molar-refractivity contribution < 1.29 is 9.53 Å². The average Bonchev–Trinajstić information content (AvgIpc) is 2.73. The van der Waals surface area contributed by atoms with Gasteiger partial charge in [0, 0.05) is 18.5 Å². The molecule has 0 aliphatic carbocycles. The minimum atomic E-state index is -0.248. The Hall–Kier alpha value is -3.15. The summed E-state index contributed by atoms with van der Waals surface area (Å²) in [4.78, 5) is 28.4. The van der Waals surface area contributed by atoms with Gasteiger partial charge in [0.05, 0.1) is 18.2 Å². The van der Waals surface area contributed by atoms with Crippen LogP contribution in [-0.2, 0) is 0 Å². The standard InChI is InChI=1S/C23H25N3O3/c1-15-12-16(2)14-25(13-15)23(28)21-19-6-4-5-7-20(19)22(27)26(24-21)17-8-10-18(29-3)11-9-17/h4-11,15-16H,12-14H2,1-3H3/t15-,16+. The van der Waals surface area contributed by atoms with Gasteiger partial charge in [-0.25, -0.2) is 0 Å². The number of ether oxygens (including phenoxy) is 1. The van der Waals surface area contributed by atoms with Crippen LogP contribution in [0.15, 0.2) is 53.3 Å². The Balaban J connectivity index is 1.85. The fraction of sp³-hybridized carbons (Fsp3) is 0.348. The molecule has 29 heavy (non-hydrogen) atoms. The normalized spacial score (nSPS) is 19.3. The average molecular weight is 391 g/mol. The van der Waals surface area contributed by atoms with Crippen LogP contribution in [0, 0.1) is 11.8 Å². The van der Waals surface area contributed by atoms with Crippen LogP contribution in [0.2, 0.25) is 0 Å². The van der Waals surface area contributed by atoms with Gasteiger partial charge < -0.3 is 9.64 Å². The van der Waals surface area contributed by atoms with Crippen molar-refractivity contribution in [3.63, 3.8) is 0 Å². The molecule has 0 saturated carbocycles. The van der Waals surface area contributed by atoms with Crippen LogP contribution in [0.3, 0.4) is 0 Å². The smallest absolute Gasteiger partial charge is 0.279 e. The molecule has 6 heteroatoms. The maximum atomic E-state index is 13.4. The molecule has 1 aliphatic rings. The van der Waals surface area contributed by atoms with E-state index in [1.165, 1.54) is 4.68 Å². The van der Waals surface area contributed by atoms with E-state index >= 15 is 0 Å². The van der Waals surface area contributed by atoms with Crippen molar-refractivity contribution in [1.82, 2.24) is 14.7 Å². The predicted octanol–water partition coefficient (Wildman–Crippen LogP) is 3.51. The van der Waals surface area contributed by atoms with E-state index in [0.717, 1.165) is 6.42 Å². The van der Waals surface area contributed by atoms with Crippen LogP contribution >= 0.6 is 0 Å². The molecule has 2 atom stereocenters. The number of piperidine rings is 1. The van der Waals surface area contributed by atoms with Gasteiger partial charge in [0.15, 0.2) is 5.69 Å². The topological polar surface area (TPSA) is 64.4 Å². The number of methoxy groups -OCH3 is 1. The van der Waals surface area contributed by atoms with Crippen LogP contribution in [-0.4, -0.2) is 40.8 Å². The number of rotatable bonds is 3. The molecule has 4 rings (SSSR count). The number of likely N-dealkylation sites (tertiary alicyclic amines) is 1. The molecule has 2 heterocycles. The minimum absolute atomic E-state index is 0.123. The SMILES string of the molecule is COc1ccc(-n2nc(C(=O)N3C[C@H](C)C[C@H](C)C3)c3ccccc3c2=O)cc1. The molecule has 1 fully saturated rings. The lowest BCUT2D eigenvalue weighted by Crippen LogP contribution is -2.43. The first kappa shape index (κ1) is 19.2. The molecule has 3 aromatic rings. The number of carbonyl (C=O) groups excluding carboxylic acids is 1. The zero-order chi connectivity index (χ0) is 20.5. The highest BCUT2D eigenvalue weighted by Crippen LogP contribution is 2.24. The lowest BCUT2D eigenvalue weighted by Gasteiger charge is -2.35. The summed E-state index contributed by atoms with van der Waals surface area (Å²) in [6.07, 6.45) is 1.11. The number of hydrogen-bond acceptors (Lipinski definition) is 4. The number of hydrogen-bond donors (Lipinski definition) is 0. The van der Waals surface area contributed by atoms with E-state index in [4.69, 9.17) is 4.74 Å². The number of fused-ring (bicyclic) bond motifs is 1. The van der Waals surface area contributed by atoms with E-state index in [0.29, 0.717) is 52.8 Å². The highest BCUT2D eigenvalue weighted by molar-refractivity contribution is 6.04. The molecule has 0 spiro atoms. The third kappa shape index (κ3) is 3.62. The van der Waals surface area contributed by atoms with Crippen LogP contribution in [0.4, 0.5) is 0 Å². The van der Waals surface area contributed by atoms with E-state index in [2.05, 4.69) is 18.9 Å². The summed E-state index contributed by atoms with van der Waals surface area (Å²) < 4.78 is 6.51. The summed E-state index contributed by atoms with van der Waals surface area (Å²) in [5.74, 6) is 1.46. The molecule has 0 radical (unpaired) electrons. The summed E-state index contributed by atoms with van der Waals surface area (Å²) in [7, 11) is 1.59. The molecule has 150 valence electrons. The molecule has 0 unspecified atom stereocenters. The fourth-order valence-corrected chi connectivity index (χ4v) is 4.22. The molecule has 1 aliphatic heterocycles. The number of amides is 1. The Labute approximate surface area is 169 Å². The molecule has 6 nitrogen and oxygen atoms in total. The Morgan fingerprint density at radius 2 is 1.62 bits per heavy atom. The van der Waals surface area contributed by atoms with Crippen LogP contribution in [0.1, 0.15) is 30.8 Å².